The Labute approximate surface area is 111 Å². The van der Waals surface area contributed by atoms with E-state index in [0.29, 0.717) is 5.56 Å². The van der Waals surface area contributed by atoms with Crippen LogP contribution in [0.25, 0.3) is 10.9 Å². The maximum atomic E-state index is 12.3. The van der Waals surface area contributed by atoms with Crippen LogP contribution in [0.5, 0.6) is 0 Å². The Balaban J connectivity index is 2.25. The van der Waals surface area contributed by atoms with Crippen molar-refractivity contribution in [1.29, 1.82) is 0 Å². The average Bonchev–Trinajstić information content (AvgIpc) is 2.72. The molecule has 0 spiro atoms. The Kier molecular flexibility index (Phi) is 3.69. The third-order valence-corrected chi connectivity index (χ3v) is 3.27. The number of aromatic amines is 1. The van der Waals surface area contributed by atoms with E-state index < -0.39 is 5.97 Å². The first kappa shape index (κ1) is 13.3. The quantitative estimate of drug-likeness (QED) is 0.810. The number of carboxylic acid groups (broad SMARTS) is 1. The molecule has 0 aliphatic carbocycles. The summed E-state index contributed by atoms with van der Waals surface area (Å²) in [4.78, 5) is 26.0. The molecule has 1 aromatic heterocycles. The highest BCUT2D eigenvalue weighted by atomic mass is 16.4. The minimum absolute atomic E-state index is 0.00528. The third kappa shape index (κ3) is 2.84. The normalized spacial score (nSPS) is 12.5. The number of carbonyl (C=O) groups is 2. The first-order valence-corrected chi connectivity index (χ1v) is 6.30. The van der Waals surface area contributed by atoms with Gasteiger partial charge in [-0.1, -0.05) is 19.1 Å². The Morgan fingerprint density at radius 3 is 2.74 bits per heavy atom. The summed E-state index contributed by atoms with van der Waals surface area (Å²) >= 11 is 0. The second-order valence-corrected chi connectivity index (χ2v) is 5.03. The van der Waals surface area contributed by atoms with Crippen LogP contribution in [0.3, 0.4) is 0 Å². The van der Waals surface area contributed by atoms with Gasteiger partial charge in [0.2, 0.25) is 0 Å². The lowest BCUT2D eigenvalue weighted by Gasteiger charge is -2.07. The number of aliphatic carboxylic acids is 1. The minimum Gasteiger partial charge on any atom is -0.481 e. The number of rotatable bonds is 5. The molecule has 0 saturated heterocycles. The van der Waals surface area contributed by atoms with Crippen LogP contribution in [0.1, 0.15) is 35.7 Å². The molecule has 4 heteroatoms. The zero-order valence-corrected chi connectivity index (χ0v) is 11.1. The van der Waals surface area contributed by atoms with Crippen LogP contribution in [-0.4, -0.2) is 21.8 Å². The molecule has 0 saturated carbocycles. The van der Waals surface area contributed by atoms with Crippen molar-refractivity contribution in [3.05, 3.63) is 35.5 Å². The van der Waals surface area contributed by atoms with Crippen LogP contribution in [0.2, 0.25) is 0 Å². The van der Waals surface area contributed by atoms with Gasteiger partial charge in [0.1, 0.15) is 0 Å². The second-order valence-electron chi connectivity index (χ2n) is 5.03. The van der Waals surface area contributed by atoms with E-state index in [1.54, 1.807) is 13.1 Å². The molecular formula is C15H17NO3. The fourth-order valence-corrected chi connectivity index (χ4v) is 2.38. The van der Waals surface area contributed by atoms with E-state index in [-0.39, 0.29) is 24.5 Å². The van der Waals surface area contributed by atoms with Gasteiger partial charge in [-0.25, -0.2) is 0 Å². The molecule has 1 atom stereocenters. The van der Waals surface area contributed by atoms with Crippen molar-refractivity contribution < 1.29 is 14.7 Å². The number of hydrogen-bond acceptors (Lipinski definition) is 2. The van der Waals surface area contributed by atoms with E-state index >= 15 is 0 Å². The molecule has 100 valence electrons. The van der Waals surface area contributed by atoms with Crippen molar-refractivity contribution in [2.75, 3.05) is 0 Å². The van der Waals surface area contributed by atoms with Crippen molar-refractivity contribution in [2.24, 2.45) is 5.92 Å². The Morgan fingerprint density at radius 1 is 1.32 bits per heavy atom. The van der Waals surface area contributed by atoms with Gasteiger partial charge in [0, 0.05) is 35.5 Å². The van der Waals surface area contributed by atoms with E-state index in [1.165, 1.54) is 0 Å². The molecule has 0 radical (unpaired) electrons. The van der Waals surface area contributed by atoms with Gasteiger partial charge in [-0.3, -0.25) is 9.59 Å². The van der Waals surface area contributed by atoms with Crippen LogP contribution < -0.4 is 0 Å². The molecule has 1 heterocycles. The van der Waals surface area contributed by atoms with E-state index in [2.05, 4.69) is 4.98 Å². The minimum atomic E-state index is -0.865. The number of carbonyl (C=O) groups excluding carboxylic acids is 1. The van der Waals surface area contributed by atoms with Crippen molar-refractivity contribution >= 4 is 22.7 Å². The lowest BCUT2D eigenvalue weighted by molar-refractivity contribution is -0.137. The third-order valence-electron chi connectivity index (χ3n) is 3.27. The summed E-state index contributed by atoms with van der Waals surface area (Å²) in [6.45, 7) is 3.75. The number of carboxylic acids is 1. The molecule has 19 heavy (non-hydrogen) atoms. The van der Waals surface area contributed by atoms with Crippen molar-refractivity contribution in [1.82, 2.24) is 4.98 Å². The van der Waals surface area contributed by atoms with Gasteiger partial charge < -0.3 is 10.1 Å². The first-order valence-electron chi connectivity index (χ1n) is 6.30. The van der Waals surface area contributed by atoms with Crippen LogP contribution in [0, 0.1) is 12.8 Å². The smallest absolute Gasteiger partial charge is 0.303 e. The highest BCUT2D eigenvalue weighted by Gasteiger charge is 2.17. The first-order chi connectivity index (χ1) is 8.99. The zero-order valence-electron chi connectivity index (χ0n) is 11.1. The zero-order chi connectivity index (χ0) is 14.0. The van der Waals surface area contributed by atoms with Gasteiger partial charge in [-0.2, -0.15) is 0 Å². The van der Waals surface area contributed by atoms with Gasteiger partial charge in [-0.05, 0) is 24.5 Å². The van der Waals surface area contributed by atoms with E-state index in [4.69, 9.17) is 5.11 Å². The molecule has 0 aliphatic heterocycles. The Hall–Kier alpha value is -2.10. The Bertz CT molecular complexity index is 627. The summed E-state index contributed by atoms with van der Waals surface area (Å²) in [5.41, 5.74) is 2.65. The standard InChI is InChI=1S/C15H17NO3/c1-9(7-14(18)19)6-13(17)11-8-16-12-5-3-4-10(2)15(11)12/h3-5,8-9,16H,6-7H2,1-2H3,(H,18,19). The van der Waals surface area contributed by atoms with Gasteiger partial charge in [0.15, 0.2) is 5.78 Å². The van der Waals surface area contributed by atoms with E-state index in [1.807, 2.05) is 25.1 Å². The number of aryl methyl sites for hydroxylation is 1. The highest BCUT2D eigenvalue weighted by Crippen LogP contribution is 2.24. The van der Waals surface area contributed by atoms with Gasteiger partial charge in [0.05, 0.1) is 0 Å². The number of hydrogen-bond donors (Lipinski definition) is 2. The largest absolute Gasteiger partial charge is 0.481 e. The fourth-order valence-electron chi connectivity index (χ4n) is 2.38. The van der Waals surface area contributed by atoms with E-state index in [0.717, 1.165) is 16.5 Å². The molecule has 2 aromatic rings. The number of Topliss-reactive ketones (excluding diaryl/α,β-unsaturated/α-hetero) is 1. The molecule has 2 N–H and O–H groups in total. The summed E-state index contributed by atoms with van der Waals surface area (Å²) in [7, 11) is 0. The molecule has 0 aliphatic rings. The molecule has 1 unspecified atom stereocenters. The maximum absolute atomic E-state index is 12.3. The summed E-state index contributed by atoms with van der Waals surface area (Å²) < 4.78 is 0. The number of ketones is 1. The predicted octanol–water partition coefficient (Wildman–Crippen LogP) is 3.16. The monoisotopic (exact) mass is 259 g/mol. The molecule has 2 rings (SSSR count). The van der Waals surface area contributed by atoms with Crippen LogP contribution >= 0.6 is 0 Å². The average molecular weight is 259 g/mol. The predicted molar refractivity (Wildman–Crippen MR) is 73.4 cm³/mol. The SMILES string of the molecule is Cc1cccc2[nH]cc(C(=O)CC(C)CC(=O)O)c12. The molecule has 4 nitrogen and oxygen atoms in total. The summed E-state index contributed by atoms with van der Waals surface area (Å²) in [6.07, 6.45) is 1.99. The number of nitrogens with one attached hydrogen (secondary N) is 1. The maximum Gasteiger partial charge on any atom is 0.303 e. The molecule has 0 bridgehead atoms. The van der Waals surface area contributed by atoms with Crippen molar-refractivity contribution in [2.45, 2.75) is 26.7 Å². The van der Waals surface area contributed by atoms with Gasteiger partial charge >= 0.3 is 5.97 Å². The van der Waals surface area contributed by atoms with Crippen molar-refractivity contribution in [3.8, 4) is 0 Å². The lowest BCUT2D eigenvalue weighted by atomic mass is 9.96. The summed E-state index contributed by atoms with van der Waals surface area (Å²) in [6, 6.07) is 5.84. The molecule has 0 amide bonds. The van der Waals surface area contributed by atoms with Crippen LogP contribution in [0.15, 0.2) is 24.4 Å². The Morgan fingerprint density at radius 2 is 2.05 bits per heavy atom. The lowest BCUT2D eigenvalue weighted by Crippen LogP contribution is -2.10. The van der Waals surface area contributed by atoms with Gasteiger partial charge in [-0.15, -0.1) is 0 Å². The van der Waals surface area contributed by atoms with Crippen LogP contribution in [-0.2, 0) is 4.79 Å². The molecular weight excluding hydrogens is 242 g/mol. The highest BCUT2D eigenvalue weighted by molar-refractivity contribution is 6.09. The molecule has 1 aromatic carbocycles. The van der Waals surface area contributed by atoms with Crippen LogP contribution in [0.4, 0.5) is 0 Å². The van der Waals surface area contributed by atoms with Crippen molar-refractivity contribution in [3.63, 3.8) is 0 Å². The van der Waals surface area contributed by atoms with E-state index in [9.17, 15) is 9.59 Å². The molecule has 0 fully saturated rings. The second kappa shape index (κ2) is 5.26. The number of fused-ring (bicyclic) bond motifs is 1. The summed E-state index contributed by atoms with van der Waals surface area (Å²) in [5.74, 6) is -1.02. The number of aromatic nitrogens is 1. The summed E-state index contributed by atoms with van der Waals surface area (Å²) in [5, 5.41) is 9.67. The fraction of sp³-hybridized carbons (Fsp3) is 0.333. The number of benzene rings is 1. The van der Waals surface area contributed by atoms with Gasteiger partial charge in [0.25, 0.3) is 0 Å². The topological polar surface area (TPSA) is 70.2 Å². The number of H-pyrrole nitrogens is 1.